The number of halogens is 2. The van der Waals surface area contributed by atoms with E-state index in [0.29, 0.717) is 26.8 Å². The van der Waals surface area contributed by atoms with Crippen molar-refractivity contribution in [1.82, 2.24) is 4.90 Å². The number of hydrogen-bond acceptors (Lipinski definition) is 4. The van der Waals surface area contributed by atoms with Crippen LogP contribution < -0.4 is 10.6 Å². The Labute approximate surface area is 211 Å². The van der Waals surface area contributed by atoms with Gasteiger partial charge in [0, 0.05) is 22.3 Å². The van der Waals surface area contributed by atoms with Gasteiger partial charge in [0.15, 0.2) is 0 Å². The highest BCUT2D eigenvalue weighted by Crippen LogP contribution is 2.36. The molecule has 3 aromatic carbocycles. The monoisotopic (exact) mass is 507 g/mol. The van der Waals surface area contributed by atoms with Crippen molar-refractivity contribution < 1.29 is 14.0 Å². The summed E-state index contributed by atoms with van der Waals surface area (Å²) in [5.41, 5.74) is 2.16. The minimum absolute atomic E-state index is 0.330. The number of nitrogens with zero attached hydrogens (tertiary/aromatic N) is 1. The lowest BCUT2D eigenvalue weighted by atomic mass is 10.1. The van der Waals surface area contributed by atoms with Crippen LogP contribution in [0.2, 0.25) is 5.02 Å². The summed E-state index contributed by atoms with van der Waals surface area (Å²) in [4.78, 5) is 29.1. The van der Waals surface area contributed by atoms with E-state index in [-0.39, 0.29) is 11.7 Å². The van der Waals surface area contributed by atoms with E-state index in [4.69, 9.17) is 11.6 Å². The molecule has 2 N–H and O–H groups in total. The molecule has 178 valence electrons. The van der Waals surface area contributed by atoms with Gasteiger partial charge in [-0.15, -0.1) is 11.3 Å². The Balaban J connectivity index is 1.44. The van der Waals surface area contributed by atoms with E-state index in [0.717, 1.165) is 35.3 Å². The molecule has 0 atom stereocenters. The van der Waals surface area contributed by atoms with Crippen LogP contribution >= 0.6 is 22.9 Å². The van der Waals surface area contributed by atoms with Gasteiger partial charge in [-0.1, -0.05) is 35.9 Å². The third-order valence-corrected chi connectivity index (χ3v) is 7.70. The average molecular weight is 508 g/mol. The summed E-state index contributed by atoms with van der Waals surface area (Å²) in [6.45, 7) is 2.78. The van der Waals surface area contributed by atoms with Crippen LogP contribution in [0, 0.1) is 5.82 Å². The number of likely N-dealkylation sites (tertiary alicyclic amines) is 1. The number of rotatable bonds is 6. The topological polar surface area (TPSA) is 61.4 Å². The van der Waals surface area contributed by atoms with Gasteiger partial charge in [0.25, 0.3) is 11.8 Å². The van der Waals surface area contributed by atoms with Gasteiger partial charge in [0.2, 0.25) is 0 Å². The molecule has 0 unspecified atom stereocenters. The molecule has 4 aromatic rings. The summed E-state index contributed by atoms with van der Waals surface area (Å²) in [6, 6.07) is 18.6. The first-order chi connectivity index (χ1) is 17.0. The van der Waals surface area contributed by atoms with Crippen LogP contribution in [0.5, 0.6) is 0 Å². The Bertz CT molecular complexity index is 1400. The number of carbonyl (C=O) groups is 2. The summed E-state index contributed by atoms with van der Waals surface area (Å²) < 4.78 is 14.2. The van der Waals surface area contributed by atoms with Crippen molar-refractivity contribution in [3.05, 3.63) is 93.6 Å². The van der Waals surface area contributed by atoms with Crippen LogP contribution in [-0.2, 0) is 6.54 Å². The second-order valence-corrected chi connectivity index (χ2v) is 9.95. The first kappa shape index (κ1) is 23.5. The zero-order valence-corrected chi connectivity index (χ0v) is 20.4. The Morgan fingerprint density at radius 2 is 1.69 bits per heavy atom. The van der Waals surface area contributed by atoms with Crippen molar-refractivity contribution in [1.29, 1.82) is 0 Å². The molecule has 1 aliphatic heterocycles. The van der Waals surface area contributed by atoms with Crippen molar-refractivity contribution in [2.45, 2.75) is 19.4 Å². The molecule has 0 saturated carbocycles. The summed E-state index contributed by atoms with van der Waals surface area (Å²) in [5, 5.41) is 6.89. The molecule has 1 saturated heterocycles. The largest absolute Gasteiger partial charge is 0.322 e. The van der Waals surface area contributed by atoms with Gasteiger partial charge in [-0.3, -0.25) is 14.5 Å². The molecule has 0 spiro atoms. The van der Waals surface area contributed by atoms with Crippen molar-refractivity contribution in [3.63, 3.8) is 0 Å². The standard InChI is InChI=1S/C27H23ClFN3O2S/c28-24-20-5-1-2-6-23(20)35-25(24)27(34)31-22-12-7-17(16-32-13-3-4-14-32)15-21(22)26(33)30-19-10-8-18(29)9-11-19/h1-2,5-12,15H,3-4,13-14,16H2,(H,30,33)(H,31,34). The normalized spacial score (nSPS) is 13.8. The second-order valence-electron chi connectivity index (χ2n) is 8.52. The zero-order chi connectivity index (χ0) is 24.4. The molecule has 5 rings (SSSR count). The minimum Gasteiger partial charge on any atom is -0.322 e. The van der Waals surface area contributed by atoms with Crippen molar-refractivity contribution >= 4 is 56.2 Å². The molecule has 1 fully saturated rings. The fraction of sp³-hybridized carbons (Fsp3) is 0.185. The van der Waals surface area contributed by atoms with Gasteiger partial charge in [-0.2, -0.15) is 0 Å². The van der Waals surface area contributed by atoms with E-state index in [1.807, 2.05) is 30.3 Å². The van der Waals surface area contributed by atoms with Gasteiger partial charge in [-0.25, -0.2) is 4.39 Å². The van der Waals surface area contributed by atoms with E-state index < -0.39 is 5.91 Å². The van der Waals surface area contributed by atoms with Crippen LogP contribution in [0.3, 0.4) is 0 Å². The second kappa shape index (κ2) is 10.2. The van der Waals surface area contributed by atoms with Gasteiger partial charge in [0.05, 0.1) is 16.3 Å². The number of thiophene rings is 1. The van der Waals surface area contributed by atoms with Crippen LogP contribution in [0.1, 0.15) is 38.4 Å². The van der Waals surface area contributed by atoms with Gasteiger partial charge in [-0.05, 0) is 74.0 Å². The number of amides is 2. The fourth-order valence-electron chi connectivity index (χ4n) is 4.26. The lowest BCUT2D eigenvalue weighted by molar-refractivity contribution is 0.102. The number of fused-ring (bicyclic) bond motifs is 1. The van der Waals surface area contributed by atoms with Crippen LogP contribution in [0.4, 0.5) is 15.8 Å². The number of carbonyl (C=O) groups excluding carboxylic acids is 2. The predicted octanol–water partition coefficient (Wildman–Crippen LogP) is 6.79. The van der Waals surface area contributed by atoms with E-state index >= 15 is 0 Å². The Morgan fingerprint density at radius 3 is 2.43 bits per heavy atom. The molecule has 8 heteroatoms. The minimum atomic E-state index is -0.391. The zero-order valence-electron chi connectivity index (χ0n) is 18.8. The quantitative estimate of drug-likeness (QED) is 0.302. The first-order valence-corrected chi connectivity index (χ1v) is 12.6. The Morgan fingerprint density at radius 1 is 0.943 bits per heavy atom. The molecule has 2 amide bonds. The Hall–Kier alpha value is -3.26. The smallest absolute Gasteiger partial charge is 0.267 e. The van der Waals surface area contributed by atoms with Crippen LogP contribution in [0.15, 0.2) is 66.7 Å². The maximum absolute atomic E-state index is 13.3. The van der Waals surface area contributed by atoms with Gasteiger partial charge in [0.1, 0.15) is 10.7 Å². The molecule has 35 heavy (non-hydrogen) atoms. The molecule has 0 bridgehead atoms. The van der Waals surface area contributed by atoms with E-state index in [1.54, 1.807) is 12.1 Å². The van der Waals surface area contributed by atoms with E-state index in [9.17, 15) is 14.0 Å². The molecule has 1 aromatic heterocycles. The van der Waals surface area contributed by atoms with E-state index in [2.05, 4.69) is 15.5 Å². The number of nitrogens with one attached hydrogen (secondary N) is 2. The number of hydrogen-bond donors (Lipinski definition) is 2. The summed E-state index contributed by atoms with van der Waals surface area (Å²) in [7, 11) is 0. The number of anilines is 2. The van der Waals surface area contributed by atoms with Crippen molar-refractivity contribution in [2.75, 3.05) is 23.7 Å². The van der Waals surface area contributed by atoms with Crippen molar-refractivity contribution in [2.24, 2.45) is 0 Å². The molecule has 5 nitrogen and oxygen atoms in total. The lowest BCUT2D eigenvalue weighted by Gasteiger charge is -2.17. The summed E-state index contributed by atoms with van der Waals surface area (Å²) in [6.07, 6.45) is 2.34. The third-order valence-electron chi connectivity index (χ3n) is 6.02. The maximum Gasteiger partial charge on any atom is 0.267 e. The van der Waals surface area contributed by atoms with Crippen LogP contribution in [-0.4, -0.2) is 29.8 Å². The fourth-order valence-corrected chi connectivity index (χ4v) is 5.67. The summed E-state index contributed by atoms with van der Waals surface area (Å²) >= 11 is 7.80. The predicted molar refractivity (Wildman–Crippen MR) is 140 cm³/mol. The average Bonchev–Trinajstić information content (AvgIpc) is 3.49. The lowest BCUT2D eigenvalue weighted by Crippen LogP contribution is -2.21. The molecule has 2 heterocycles. The third kappa shape index (κ3) is 5.22. The molecule has 0 radical (unpaired) electrons. The molecular weight excluding hydrogens is 485 g/mol. The molecule has 1 aliphatic rings. The highest BCUT2D eigenvalue weighted by Gasteiger charge is 2.21. The Kier molecular flexibility index (Phi) is 6.81. The summed E-state index contributed by atoms with van der Waals surface area (Å²) in [5.74, 6) is -1.15. The SMILES string of the molecule is O=C(Nc1ccc(F)cc1)c1cc(CN2CCCC2)ccc1NC(=O)c1sc2ccccc2c1Cl. The first-order valence-electron chi connectivity index (χ1n) is 11.4. The highest BCUT2D eigenvalue weighted by atomic mass is 35.5. The molecule has 0 aliphatic carbocycles. The van der Waals surface area contributed by atoms with E-state index in [1.165, 1.54) is 48.4 Å². The maximum atomic E-state index is 13.3. The van der Waals surface area contributed by atoms with Crippen LogP contribution in [0.25, 0.3) is 10.1 Å². The van der Waals surface area contributed by atoms with Gasteiger partial charge >= 0.3 is 0 Å². The highest BCUT2D eigenvalue weighted by molar-refractivity contribution is 7.21. The number of benzene rings is 3. The molecular formula is C27H23ClFN3O2S. The van der Waals surface area contributed by atoms with Gasteiger partial charge < -0.3 is 10.6 Å². The van der Waals surface area contributed by atoms with Crippen molar-refractivity contribution in [3.8, 4) is 0 Å².